The quantitative estimate of drug-likeness (QED) is 0.422. The van der Waals surface area contributed by atoms with Crippen LogP contribution in [0.5, 0.6) is 0 Å². The maximum Gasteiger partial charge on any atom is 0.317 e. The molecule has 5 heteroatoms. The standard InChI is InChI=1S/C11H20O4.C3H7Br/c1-8(2)6-14-10(12)5-11(13)15-7-9(3)4;1-3(2)4/h8-9H,5-7H2,1-4H3;3H,1-2H3. The summed E-state index contributed by atoms with van der Waals surface area (Å²) in [6, 6.07) is 0. The third kappa shape index (κ3) is 23.0. The second-order valence-electron chi connectivity index (χ2n) is 5.34. The first-order valence-corrected chi connectivity index (χ1v) is 7.52. The van der Waals surface area contributed by atoms with Crippen molar-refractivity contribution in [1.82, 2.24) is 0 Å². The van der Waals surface area contributed by atoms with Crippen molar-refractivity contribution in [2.75, 3.05) is 13.2 Å². The van der Waals surface area contributed by atoms with Gasteiger partial charge in [0.2, 0.25) is 0 Å². The van der Waals surface area contributed by atoms with Crippen LogP contribution < -0.4 is 0 Å². The summed E-state index contributed by atoms with van der Waals surface area (Å²) in [5.41, 5.74) is 0. The molecule has 19 heavy (non-hydrogen) atoms. The molecule has 0 saturated heterocycles. The Balaban J connectivity index is 0. The van der Waals surface area contributed by atoms with E-state index in [4.69, 9.17) is 9.47 Å². The molecule has 0 aliphatic carbocycles. The lowest BCUT2D eigenvalue weighted by Crippen LogP contribution is -2.17. The molecule has 0 aromatic heterocycles. The van der Waals surface area contributed by atoms with Crippen molar-refractivity contribution in [3.8, 4) is 0 Å². The molecular formula is C14H27BrO4. The minimum absolute atomic E-state index is 0.278. The van der Waals surface area contributed by atoms with Gasteiger partial charge in [0.1, 0.15) is 6.42 Å². The fourth-order valence-corrected chi connectivity index (χ4v) is 0.739. The van der Waals surface area contributed by atoms with E-state index in [0.29, 0.717) is 18.0 Å². The van der Waals surface area contributed by atoms with Crippen LogP contribution >= 0.6 is 15.9 Å². The zero-order chi connectivity index (χ0) is 15.4. The third-order valence-electron chi connectivity index (χ3n) is 1.44. The normalized spacial score (nSPS) is 10.2. The first-order valence-electron chi connectivity index (χ1n) is 6.60. The van der Waals surface area contributed by atoms with Crippen molar-refractivity contribution in [3.05, 3.63) is 0 Å². The molecule has 114 valence electrons. The molecule has 0 aromatic carbocycles. The summed E-state index contributed by atoms with van der Waals surface area (Å²) in [6.45, 7) is 12.6. The highest BCUT2D eigenvalue weighted by Crippen LogP contribution is 1.98. The third-order valence-corrected chi connectivity index (χ3v) is 1.44. The topological polar surface area (TPSA) is 52.6 Å². The predicted molar refractivity (Wildman–Crippen MR) is 80.3 cm³/mol. The van der Waals surface area contributed by atoms with E-state index in [1.807, 2.05) is 27.7 Å². The Bertz CT molecular complexity index is 225. The van der Waals surface area contributed by atoms with Gasteiger partial charge in [-0.1, -0.05) is 57.5 Å². The van der Waals surface area contributed by atoms with Crippen LogP contribution in [0.15, 0.2) is 0 Å². The summed E-state index contributed by atoms with van der Waals surface area (Å²) in [4.78, 5) is 22.8. The van der Waals surface area contributed by atoms with Gasteiger partial charge in [-0.2, -0.15) is 0 Å². The molecule has 0 spiro atoms. The van der Waals surface area contributed by atoms with Gasteiger partial charge in [0, 0.05) is 4.83 Å². The number of rotatable bonds is 6. The van der Waals surface area contributed by atoms with Gasteiger partial charge in [-0.15, -0.1) is 0 Å². The largest absolute Gasteiger partial charge is 0.465 e. The molecule has 0 N–H and O–H groups in total. The van der Waals surface area contributed by atoms with E-state index < -0.39 is 11.9 Å². The lowest BCUT2D eigenvalue weighted by Gasteiger charge is -2.08. The van der Waals surface area contributed by atoms with Crippen LogP contribution in [-0.2, 0) is 19.1 Å². The molecule has 0 rings (SSSR count). The summed E-state index contributed by atoms with van der Waals surface area (Å²) in [5, 5.41) is 0. The van der Waals surface area contributed by atoms with E-state index in [1.54, 1.807) is 0 Å². The van der Waals surface area contributed by atoms with Gasteiger partial charge >= 0.3 is 11.9 Å². The predicted octanol–water partition coefficient (Wildman–Crippen LogP) is 3.56. The van der Waals surface area contributed by atoms with Crippen molar-refractivity contribution >= 4 is 27.9 Å². The Hall–Kier alpha value is -0.580. The van der Waals surface area contributed by atoms with E-state index in [1.165, 1.54) is 0 Å². The number of hydrogen-bond donors (Lipinski definition) is 0. The van der Waals surface area contributed by atoms with Crippen LogP contribution in [0, 0.1) is 11.8 Å². The Labute approximate surface area is 125 Å². The fourth-order valence-electron chi connectivity index (χ4n) is 0.739. The van der Waals surface area contributed by atoms with Crippen LogP contribution in [0.4, 0.5) is 0 Å². The Morgan fingerprint density at radius 2 is 1.11 bits per heavy atom. The van der Waals surface area contributed by atoms with Crippen molar-refractivity contribution in [1.29, 1.82) is 0 Å². The molecule has 0 heterocycles. The van der Waals surface area contributed by atoms with Gasteiger partial charge in [-0.25, -0.2) is 0 Å². The molecule has 0 atom stereocenters. The first kappa shape index (κ1) is 20.7. The van der Waals surface area contributed by atoms with E-state index in [9.17, 15) is 9.59 Å². The highest BCUT2D eigenvalue weighted by atomic mass is 79.9. The number of ether oxygens (including phenoxy) is 2. The Morgan fingerprint density at radius 3 is 1.32 bits per heavy atom. The molecule has 0 bridgehead atoms. The maximum atomic E-state index is 11.1. The van der Waals surface area contributed by atoms with Gasteiger partial charge < -0.3 is 9.47 Å². The molecular weight excluding hydrogens is 312 g/mol. The van der Waals surface area contributed by atoms with Crippen LogP contribution in [0.25, 0.3) is 0 Å². The van der Waals surface area contributed by atoms with Crippen LogP contribution in [0.3, 0.4) is 0 Å². The Kier molecular flexibility index (Phi) is 13.6. The number of esters is 2. The van der Waals surface area contributed by atoms with Crippen molar-refractivity contribution in [2.24, 2.45) is 11.8 Å². The fraction of sp³-hybridized carbons (Fsp3) is 0.857. The molecule has 0 aromatic rings. The first-order chi connectivity index (χ1) is 8.65. The summed E-state index contributed by atoms with van der Waals surface area (Å²) >= 11 is 3.27. The number of halogens is 1. The zero-order valence-electron chi connectivity index (χ0n) is 12.9. The second-order valence-corrected chi connectivity index (χ2v) is 7.18. The van der Waals surface area contributed by atoms with Crippen molar-refractivity contribution in [3.63, 3.8) is 0 Å². The monoisotopic (exact) mass is 338 g/mol. The molecule has 0 saturated carbocycles. The average Bonchev–Trinajstić information content (AvgIpc) is 2.22. The lowest BCUT2D eigenvalue weighted by atomic mass is 10.2. The van der Waals surface area contributed by atoms with E-state index >= 15 is 0 Å². The van der Waals surface area contributed by atoms with Crippen molar-refractivity contribution in [2.45, 2.75) is 52.8 Å². The van der Waals surface area contributed by atoms with Gasteiger partial charge in [-0.3, -0.25) is 9.59 Å². The SMILES string of the molecule is CC(C)Br.CC(C)COC(=O)CC(=O)OCC(C)C. The minimum Gasteiger partial charge on any atom is -0.465 e. The van der Waals surface area contributed by atoms with Crippen molar-refractivity contribution < 1.29 is 19.1 Å². The second kappa shape index (κ2) is 12.5. The highest BCUT2D eigenvalue weighted by Gasteiger charge is 2.12. The van der Waals surface area contributed by atoms with Crippen LogP contribution in [-0.4, -0.2) is 30.0 Å². The van der Waals surface area contributed by atoms with Crippen LogP contribution in [0.1, 0.15) is 48.0 Å². The molecule has 0 aliphatic rings. The van der Waals surface area contributed by atoms with Gasteiger partial charge in [0.25, 0.3) is 0 Å². The van der Waals surface area contributed by atoms with E-state index in [2.05, 4.69) is 29.8 Å². The zero-order valence-corrected chi connectivity index (χ0v) is 14.5. The number of carbonyl (C=O) groups is 2. The maximum absolute atomic E-state index is 11.1. The average molecular weight is 339 g/mol. The molecule has 0 fully saturated rings. The molecule has 0 radical (unpaired) electrons. The van der Waals surface area contributed by atoms with E-state index in [0.717, 1.165) is 0 Å². The van der Waals surface area contributed by atoms with Gasteiger partial charge in [-0.05, 0) is 11.8 Å². The highest BCUT2D eigenvalue weighted by molar-refractivity contribution is 9.09. The summed E-state index contributed by atoms with van der Waals surface area (Å²) in [5.74, 6) is -0.476. The summed E-state index contributed by atoms with van der Waals surface area (Å²) < 4.78 is 9.68. The minimum atomic E-state index is -0.516. The number of carbonyl (C=O) groups excluding carboxylic acids is 2. The molecule has 0 amide bonds. The summed E-state index contributed by atoms with van der Waals surface area (Å²) in [7, 11) is 0. The van der Waals surface area contributed by atoms with Gasteiger partial charge in [0.15, 0.2) is 0 Å². The molecule has 4 nitrogen and oxygen atoms in total. The number of hydrogen-bond acceptors (Lipinski definition) is 4. The lowest BCUT2D eigenvalue weighted by molar-refractivity contribution is -0.155. The Morgan fingerprint density at radius 1 is 0.842 bits per heavy atom. The van der Waals surface area contributed by atoms with Gasteiger partial charge in [0.05, 0.1) is 13.2 Å². The van der Waals surface area contributed by atoms with E-state index in [-0.39, 0.29) is 18.3 Å². The van der Waals surface area contributed by atoms with Crippen LogP contribution in [0.2, 0.25) is 0 Å². The smallest absolute Gasteiger partial charge is 0.317 e. The molecule has 0 unspecified atom stereocenters. The summed E-state index contributed by atoms with van der Waals surface area (Å²) in [6.07, 6.45) is -0.292. The molecule has 0 aliphatic heterocycles. The number of alkyl halides is 1.